The van der Waals surface area contributed by atoms with Gasteiger partial charge in [0.15, 0.2) is 0 Å². The van der Waals surface area contributed by atoms with E-state index < -0.39 is 0 Å². The molecule has 1 amide bonds. The van der Waals surface area contributed by atoms with Crippen LogP contribution in [0.15, 0.2) is 0 Å². The van der Waals surface area contributed by atoms with Crippen molar-refractivity contribution in [2.75, 3.05) is 6.54 Å². The summed E-state index contributed by atoms with van der Waals surface area (Å²) >= 11 is 1.74. The molecule has 148 valence electrons. The topological polar surface area (TPSA) is 33.2 Å². The Hall–Kier alpha value is -0.835. The number of hydrogen-bond donors (Lipinski definition) is 0. The van der Waals surface area contributed by atoms with Gasteiger partial charge in [0, 0.05) is 24.3 Å². The number of carbonyl (C=O) groups excluding carboxylic acids is 1. The Bertz CT molecular complexity index is 643. The predicted molar refractivity (Wildman–Crippen MR) is 116 cm³/mol. The predicted octanol–water partition coefficient (Wildman–Crippen LogP) is 5.04. The Morgan fingerprint density at radius 1 is 0.926 bits per heavy atom. The quantitative estimate of drug-likeness (QED) is 0.667. The van der Waals surface area contributed by atoms with Gasteiger partial charge in [0.25, 0.3) is 5.91 Å². The Labute approximate surface area is 169 Å². The van der Waals surface area contributed by atoms with Crippen LogP contribution in [0.2, 0.25) is 0 Å². The highest BCUT2D eigenvalue weighted by atomic mass is 32.1. The van der Waals surface area contributed by atoms with Crippen molar-refractivity contribution in [2.24, 2.45) is 0 Å². The molecule has 0 atom stereocenters. The molecule has 4 rings (SSSR count). The van der Waals surface area contributed by atoms with Gasteiger partial charge < -0.3 is 4.90 Å². The number of hydrogen-bond acceptors (Lipinski definition) is 3. The lowest BCUT2D eigenvalue weighted by atomic mass is 9.67. The minimum Gasteiger partial charge on any atom is -0.340 e. The van der Waals surface area contributed by atoms with E-state index in [1.807, 2.05) is 0 Å². The van der Waals surface area contributed by atoms with E-state index in [4.69, 9.17) is 4.98 Å². The lowest BCUT2D eigenvalue weighted by Gasteiger charge is -2.44. The molecular weight excluding hydrogens is 351 g/mol. The van der Waals surface area contributed by atoms with Gasteiger partial charge in [0.1, 0.15) is 12.7 Å². The van der Waals surface area contributed by atoms with Gasteiger partial charge in [0.05, 0.1) is 10.7 Å². The van der Waals surface area contributed by atoms with Crippen LogP contribution in [0.5, 0.6) is 0 Å². The highest BCUT2D eigenvalue weighted by Gasteiger charge is 2.39. The molecule has 0 aromatic carbocycles. The molecule has 3 nitrogen and oxygen atoms in total. The molecule has 5 heteroatoms. The van der Waals surface area contributed by atoms with Crippen LogP contribution in [0.25, 0.3) is 0 Å². The lowest BCUT2D eigenvalue weighted by Crippen LogP contribution is -2.55. The highest BCUT2D eigenvalue weighted by molar-refractivity contribution is 7.14. The van der Waals surface area contributed by atoms with Crippen LogP contribution in [-0.4, -0.2) is 35.6 Å². The first-order chi connectivity index (χ1) is 13.2. The van der Waals surface area contributed by atoms with Gasteiger partial charge in [-0.3, -0.25) is 4.79 Å². The summed E-state index contributed by atoms with van der Waals surface area (Å²) in [6.07, 6.45) is 19.2. The zero-order valence-electron chi connectivity index (χ0n) is 17.1. The fourth-order valence-electron chi connectivity index (χ4n) is 5.48. The average Bonchev–Trinajstić information content (AvgIpc) is 3.03. The van der Waals surface area contributed by atoms with Crippen molar-refractivity contribution in [3.63, 3.8) is 0 Å². The molecule has 1 aliphatic heterocycles. The number of fused-ring (bicyclic) bond motifs is 1. The molecule has 0 N–H and O–H groups in total. The van der Waals surface area contributed by atoms with E-state index in [2.05, 4.69) is 12.7 Å². The third kappa shape index (κ3) is 4.28. The van der Waals surface area contributed by atoms with Crippen LogP contribution in [0, 0.1) is 0 Å². The summed E-state index contributed by atoms with van der Waals surface area (Å²) in [5.74, 6) is 0.882. The van der Waals surface area contributed by atoms with Crippen LogP contribution in [-0.2, 0) is 6.42 Å². The molecule has 2 saturated carbocycles. The molecule has 1 aromatic rings. The smallest absolute Gasteiger partial charge is 0.265 e. The minimum atomic E-state index is 0.0551. The van der Waals surface area contributed by atoms with E-state index in [1.165, 1.54) is 94.9 Å². The van der Waals surface area contributed by atoms with E-state index in [-0.39, 0.29) is 11.3 Å². The van der Waals surface area contributed by atoms with E-state index in [0.29, 0.717) is 5.92 Å². The highest BCUT2D eigenvalue weighted by Crippen LogP contribution is 2.39. The second kappa shape index (κ2) is 8.67. The normalized spacial score (nSPS) is 25.2. The Balaban J connectivity index is 1.52. The van der Waals surface area contributed by atoms with Crippen LogP contribution in [0.1, 0.15) is 116 Å². The van der Waals surface area contributed by atoms with Crippen LogP contribution in [0.3, 0.4) is 0 Å². The zero-order chi connectivity index (χ0) is 18.7. The van der Waals surface area contributed by atoms with Gasteiger partial charge in [-0.2, -0.15) is 0 Å². The van der Waals surface area contributed by atoms with Crippen molar-refractivity contribution in [2.45, 2.75) is 108 Å². The summed E-state index contributed by atoms with van der Waals surface area (Å²) in [6, 6.07) is 0. The SMILES string of the molecule is BC1(N2CCc3nc(C4CCCCCCC4)sc3C2=O)CCCCCCC1. The van der Waals surface area contributed by atoms with Gasteiger partial charge >= 0.3 is 0 Å². The first-order valence-electron chi connectivity index (χ1n) is 11.5. The lowest BCUT2D eigenvalue weighted by molar-refractivity contribution is 0.0565. The standard InChI is InChI=1S/C22H35BN2OS/c23-22(14-9-5-2-6-10-15-22)25-16-13-18-19(21(25)26)27-20(24-18)17-11-7-3-1-4-8-12-17/h17H,1-16,23H2. The Morgan fingerprint density at radius 2 is 1.52 bits per heavy atom. The molecule has 27 heavy (non-hydrogen) atoms. The first-order valence-corrected chi connectivity index (χ1v) is 12.3. The van der Waals surface area contributed by atoms with Gasteiger partial charge in [-0.1, -0.05) is 64.2 Å². The van der Waals surface area contributed by atoms with Gasteiger partial charge in [-0.15, -0.1) is 11.3 Å². The number of amides is 1. The van der Waals surface area contributed by atoms with Crippen LogP contribution < -0.4 is 0 Å². The monoisotopic (exact) mass is 386 g/mol. The maximum Gasteiger partial charge on any atom is 0.265 e. The molecule has 2 fully saturated rings. The second-order valence-electron chi connectivity index (χ2n) is 9.34. The van der Waals surface area contributed by atoms with Gasteiger partial charge in [-0.05, 0) is 25.7 Å². The van der Waals surface area contributed by atoms with E-state index in [9.17, 15) is 4.79 Å². The Kier molecular flexibility index (Phi) is 6.26. The molecule has 2 heterocycles. The van der Waals surface area contributed by atoms with Crippen molar-refractivity contribution in [3.8, 4) is 0 Å². The molecule has 0 radical (unpaired) electrons. The number of thiazole rings is 1. The van der Waals surface area contributed by atoms with Crippen LogP contribution in [0.4, 0.5) is 0 Å². The van der Waals surface area contributed by atoms with Crippen molar-refractivity contribution in [3.05, 3.63) is 15.6 Å². The fourth-order valence-corrected chi connectivity index (χ4v) is 6.71. The van der Waals surface area contributed by atoms with Crippen molar-refractivity contribution < 1.29 is 4.79 Å². The molecule has 0 unspecified atom stereocenters. The maximum atomic E-state index is 13.4. The van der Waals surface area contributed by atoms with Crippen molar-refractivity contribution in [1.82, 2.24) is 9.88 Å². The molecule has 3 aliphatic rings. The van der Waals surface area contributed by atoms with Gasteiger partial charge in [-0.25, -0.2) is 4.98 Å². The maximum absolute atomic E-state index is 13.4. The summed E-state index contributed by atoms with van der Waals surface area (Å²) in [4.78, 5) is 21.6. The van der Waals surface area contributed by atoms with Crippen molar-refractivity contribution in [1.29, 1.82) is 0 Å². The second-order valence-corrected chi connectivity index (χ2v) is 10.4. The summed E-state index contributed by atoms with van der Waals surface area (Å²) < 4.78 is 0. The molecule has 2 aliphatic carbocycles. The molecule has 0 saturated heterocycles. The summed E-state index contributed by atoms with van der Waals surface area (Å²) in [5, 5.41) is 1.26. The third-order valence-corrected chi connectivity index (χ3v) is 8.51. The molecule has 0 spiro atoms. The van der Waals surface area contributed by atoms with Crippen LogP contribution >= 0.6 is 11.3 Å². The van der Waals surface area contributed by atoms with Crippen molar-refractivity contribution >= 4 is 25.1 Å². The molecule has 1 aromatic heterocycles. The summed E-state index contributed by atoms with van der Waals surface area (Å²) in [5.41, 5.74) is 1.16. The largest absolute Gasteiger partial charge is 0.340 e. The summed E-state index contributed by atoms with van der Waals surface area (Å²) in [7, 11) is 2.35. The molecular formula is C22H35BN2OS. The Morgan fingerprint density at radius 3 is 2.19 bits per heavy atom. The minimum absolute atomic E-state index is 0.0551. The summed E-state index contributed by atoms with van der Waals surface area (Å²) in [6.45, 7) is 0.871. The fraction of sp³-hybridized carbons (Fsp3) is 0.818. The van der Waals surface area contributed by atoms with E-state index >= 15 is 0 Å². The van der Waals surface area contributed by atoms with Gasteiger partial charge in [0.2, 0.25) is 0 Å². The number of rotatable bonds is 2. The third-order valence-electron chi connectivity index (χ3n) is 7.26. The van der Waals surface area contributed by atoms with E-state index in [1.54, 1.807) is 11.3 Å². The number of carbonyl (C=O) groups is 1. The average molecular weight is 386 g/mol. The van der Waals surface area contributed by atoms with E-state index in [0.717, 1.165) is 23.5 Å². The number of nitrogens with zero attached hydrogens (tertiary/aromatic N) is 2. The number of aromatic nitrogens is 1. The first kappa shape index (κ1) is 19.5. The molecule has 0 bridgehead atoms. The zero-order valence-corrected chi connectivity index (χ0v) is 17.9.